The van der Waals surface area contributed by atoms with Crippen molar-refractivity contribution in [1.82, 2.24) is 9.88 Å². The Labute approximate surface area is 124 Å². The van der Waals surface area contributed by atoms with E-state index in [1.165, 1.54) is 6.20 Å². The summed E-state index contributed by atoms with van der Waals surface area (Å²) in [6.07, 6.45) is 4.78. The van der Waals surface area contributed by atoms with Gasteiger partial charge in [-0.05, 0) is 18.9 Å². The smallest absolute Gasteiger partial charge is 0.255 e. The molecule has 1 aromatic heterocycles. The van der Waals surface area contributed by atoms with E-state index in [9.17, 15) is 4.79 Å². The number of likely N-dealkylation sites (tertiary alicyclic amines) is 1. The maximum absolute atomic E-state index is 12.1. The molecule has 1 fully saturated rings. The number of amides is 1. The third-order valence-corrected chi connectivity index (χ3v) is 3.13. The van der Waals surface area contributed by atoms with E-state index in [0.29, 0.717) is 23.7 Å². The summed E-state index contributed by atoms with van der Waals surface area (Å²) in [5, 5.41) is 0.405. The number of pyridine rings is 1. The Balaban J connectivity index is 0.00000144. The van der Waals surface area contributed by atoms with E-state index in [-0.39, 0.29) is 36.8 Å². The van der Waals surface area contributed by atoms with Gasteiger partial charge in [0, 0.05) is 31.5 Å². The van der Waals surface area contributed by atoms with Crippen LogP contribution in [0.15, 0.2) is 18.5 Å². The predicted molar refractivity (Wildman–Crippen MR) is 76.9 cm³/mol. The number of carbonyl (C=O) groups excluding carboxylic acids is 1. The van der Waals surface area contributed by atoms with Crippen LogP contribution < -0.4 is 5.73 Å². The second-order valence-electron chi connectivity index (χ2n) is 3.99. The maximum atomic E-state index is 12.1. The van der Waals surface area contributed by atoms with E-state index in [1.54, 1.807) is 17.2 Å². The minimum atomic E-state index is -0.0284. The lowest BCUT2D eigenvalue weighted by molar-refractivity contribution is 0.0715. The molecule has 0 atom stereocenters. The molecule has 2 rings (SSSR count). The molecule has 102 valence electrons. The number of piperidine rings is 1. The average molecular weight is 313 g/mol. The molecule has 18 heavy (non-hydrogen) atoms. The second kappa shape index (κ2) is 7.79. The van der Waals surface area contributed by atoms with E-state index < -0.39 is 0 Å². The van der Waals surface area contributed by atoms with Crippen LogP contribution >= 0.6 is 36.4 Å². The van der Waals surface area contributed by atoms with Crippen LogP contribution in [0.25, 0.3) is 0 Å². The first-order valence-electron chi connectivity index (χ1n) is 5.33. The molecule has 1 amide bonds. The first-order chi connectivity index (χ1) is 7.68. The predicted octanol–water partition coefficient (Wildman–Crippen LogP) is 2.14. The minimum absolute atomic E-state index is 0. The Bertz CT molecular complexity index is 395. The first kappa shape index (κ1) is 17.4. The van der Waals surface area contributed by atoms with Crippen molar-refractivity contribution in [3.63, 3.8) is 0 Å². The third kappa shape index (κ3) is 3.99. The Morgan fingerprint density at radius 1 is 1.39 bits per heavy atom. The highest BCUT2D eigenvalue weighted by Crippen LogP contribution is 2.18. The van der Waals surface area contributed by atoms with Crippen molar-refractivity contribution in [2.24, 2.45) is 5.73 Å². The van der Waals surface area contributed by atoms with Crippen molar-refractivity contribution in [3.05, 3.63) is 29.0 Å². The van der Waals surface area contributed by atoms with Crippen LogP contribution in [-0.4, -0.2) is 34.9 Å². The van der Waals surface area contributed by atoms with E-state index in [1.807, 2.05) is 0 Å². The van der Waals surface area contributed by atoms with Gasteiger partial charge in [0.2, 0.25) is 0 Å². The summed E-state index contributed by atoms with van der Waals surface area (Å²) in [5.41, 5.74) is 6.31. The van der Waals surface area contributed by atoms with Crippen LogP contribution in [-0.2, 0) is 0 Å². The zero-order chi connectivity index (χ0) is 11.5. The standard InChI is InChI=1S/C11H14ClN3O.2ClH/c12-10-7-14-4-1-9(10)11(16)15-5-2-8(13)3-6-15;;/h1,4,7-8H,2-3,5-6,13H2;2*1H. The molecule has 4 nitrogen and oxygen atoms in total. The number of nitrogens with two attached hydrogens (primary N) is 1. The molecule has 0 radical (unpaired) electrons. The normalized spacial score (nSPS) is 15.6. The summed E-state index contributed by atoms with van der Waals surface area (Å²) < 4.78 is 0. The summed E-state index contributed by atoms with van der Waals surface area (Å²) in [6, 6.07) is 1.87. The topological polar surface area (TPSA) is 59.2 Å². The first-order valence-corrected chi connectivity index (χ1v) is 5.70. The highest BCUT2D eigenvalue weighted by Gasteiger charge is 2.22. The molecule has 1 aliphatic heterocycles. The second-order valence-corrected chi connectivity index (χ2v) is 4.39. The third-order valence-electron chi connectivity index (χ3n) is 2.83. The number of aromatic nitrogens is 1. The zero-order valence-corrected chi connectivity index (χ0v) is 12.1. The summed E-state index contributed by atoms with van der Waals surface area (Å²) >= 11 is 5.93. The minimum Gasteiger partial charge on any atom is -0.338 e. The number of hydrogen-bond acceptors (Lipinski definition) is 3. The fourth-order valence-corrected chi connectivity index (χ4v) is 2.02. The van der Waals surface area contributed by atoms with Crippen molar-refractivity contribution >= 4 is 42.3 Å². The molecule has 1 aromatic rings. The van der Waals surface area contributed by atoms with E-state index in [4.69, 9.17) is 17.3 Å². The zero-order valence-electron chi connectivity index (χ0n) is 9.71. The molecular weight excluding hydrogens is 296 g/mol. The maximum Gasteiger partial charge on any atom is 0.255 e. The van der Waals surface area contributed by atoms with Crippen molar-refractivity contribution in [2.45, 2.75) is 18.9 Å². The van der Waals surface area contributed by atoms with E-state index in [0.717, 1.165) is 12.8 Å². The van der Waals surface area contributed by atoms with Crippen LogP contribution in [0.3, 0.4) is 0 Å². The van der Waals surface area contributed by atoms with Gasteiger partial charge in [0.1, 0.15) is 0 Å². The van der Waals surface area contributed by atoms with Crippen molar-refractivity contribution in [3.8, 4) is 0 Å². The van der Waals surface area contributed by atoms with Crippen molar-refractivity contribution < 1.29 is 4.79 Å². The van der Waals surface area contributed by atoms with Crippen LogP contribution in [0, 0.1) is 0 Å². The summed E-state index contributed by atoms with van der Waals surface area (Å²) in [6.45, 7) is 1.41. The molecule has 0 spiro atoms. The van der Waals surface area contributed by atoms with Gasteiger partial charge in [-0.15, -0.1) is 24.8 Å². The number of hydrogen-bond donors (Lipinski definition) is 1. The summed E-state index contributed by atoms with van der Waals surface area (Å²) in [7, 11) is 0. The molecule has 0 bridgehead atoms. The lowest BCUT2D eigenvalue weighted by Gasteiger charge is -2.30. The van der Waals surface area contributed by atoms with Gasteiger partial charge in [-0.2, -0.15) is 0 Å². The Kier molecular flexibility index (Phi) is 7.55. The summed E-state index contributed by atoms with van der Waals surface area (Å²) in [4.78, 5) is 17.8. The quantitative estimate of drug-likeness (QED) is 0.864. The SMILES string of the molecule is Cl.Cl.NC1CCN(C(=O)c2ccncc2Cl)CC1. The van der Waals surface area contributed by atoms with E-state index >= 15 is 0 Å². The van der Waals surface area contributed by atoms with Gasteiger partial charge in [-0.3, -0.25) is 9.78 Å². The molecule has 0 aromatic carbocycles. The monoisotopic (exact) mass is 311 g/mol. The van der Waals surface area contributed by atoms with Crippen LogP contribution in [0.1, 0.15) is 23.2 Å². The summed E-state index contributed by atoms with van der Waals surface area (Å²) in [5.74, 6) is -0.0284. The molecule has 1 saturated heterocycles. The number of halogens is 3. The van der Waals surface area contributed by atoms with Crippen LogP contribution in [0.2, 0.25) is 5.02 Å². The molecule has 1 aliphatic rings. The van der Waals surface area contributed by atoms with Gasteiger partial charge in [-0.25, -0.2) is 0 Å². The number of nitrogens with zero attached hydrogens (tertiary/aromatic N) is 2. The van der Waals surface area contributed by atoms with Gasteiger partial charge in [0.25, 0.3) is 5.91 Å². The van der Waals surface area contributed by atoms with Gasteiger partial charge < -0.3 is 10.6 Å². The van der Waals surface area contributed by atoms with Crippen molar-refractivity contribution in [2.75, 3.05) is 13.1 Å². The molecule has 2 heterocycles. The molecule has 0 aliphatic carbocycles. The number of rotatable bonds is 1. The fraction of sp³-hybridized carbons (Fsp3) is 0.455. The molecule has 7 heteroatoms. The highest BCUT2D eigenvalue weighted by molar-refractivity contribution is 6.33. The highest BCUT2D eigenvalue weighted by atomic mass is 35.5. The lowest BCUT2D eigenvalue weighted by Crippen LogP contribution is -2.42. The Hall–Kier alpha value is -0.550. The lowest BCUT2D eigenvalue weighted by atomic mass is 10.1. The largest absolute Gasteiger partial charge is 0.338 e. The van der Waals surface area contributed by atoms with Crippen molar-refractivity contribution in [1.29, 1.82) is 0 Å². The van der Waals surface area contributed by atoms with Crippen LogP contribution in [0.4, 0.5) is 0 Å². The Morgan fingerprint density at radius 2 is 2.00 bits per heavy atom. The van der Waals surface area contributed by atoms with Gasteiger partial charge >= 0.3 is 0 Å². The molecule has 2 N–H and O–H groups in total. The Morgan fingerprint density at radius 3 is 2.56 bits per heavy atom. The molecule has 0 unspecified atom stereocenters. The van der Waals surface area contributed by atoms with E-state index in [2.05, 4.69) is 4.98 Å². The number of carbonyl (C=O) groups is 1. The van der Waals surface area contributed by atoms with Gasteiger partial charge in [-0.1, -0.05) is 11.6 Å². The molecular formula is C11H16Cl3N3O. The average Bonchev–Trinajstić information content (AvgIpc) is 2.30. The van der Waals surface area contributed by atoms with Crippen LogP contribution in [0.5, 0.6) is 0 Å². The molecule has 0 saturated carbocycles. The van der Waals surface area contributed by atoms with Gasteiger partial charge in [0.15, 0.2) is 0 Å². The fourth-order valence-electron chi connectivity index (χ4n) is 1.82. The van der Waals surface area contributed by atoms with Gasteiger partial charge in [0.05, 0.1) is 10.6 Å².